The van der Waals surface area contributed by atoms with Gasteiger partial charge in [0.05, 0.1) is 23.8 Å². The fourth-order valence-electron chi connectivity index (χ4n) is 4.73. The largest absolute Gasteiger partial charge is 0.463 e. The smallest absolute Gasteiger partial charge is 0.255 e. The van der Waals surface area contributed by atoms with Crippen molar-refractivity contribution in [2.45, 2.75) is 37.5 Å². The molecule has 2 aliphatic heterocycles. The predicted octanol–water partition coefficient (Wildman–Crippen LogP) is 2.41. The minimum atomic E-state index is -0.0282. The zero-order valence-electron chi connectivity index (χ0n) is 13.6. The first kappa shape index (κ1) is 14.5. The van der Waals surface area contributed by atoms with Gasteiger partial charge >= 0.3 is 0 Å². The molecule has 0 unspecified atom stereocenters. The van der Waals surface area contributed by atoms with Crippen molar-refractivity contribution in [2.24, 2.45) is 5.92 Å². The van der Waals surface area contributed by atoms with Gasteiger partial charge in [0.2, 0.25) is 0 Å². The average molecular weight is 326 g/mol. The maximum atomic E-state index is 12.8. The van der Waals surface area contributed by atoms with E-state index in [0.717, 1.165) is 37.1 Å². The highest BCUT2D eigenvalue weighted by Gasteiger charge is 2.56. The van der Waals surface area contributed by atoms with Gasteiger partial charge in [-0.25, -0.2) is 0 Å². The number of carbonyl (C=O) groups is 1. The monoisotopic (exact) mass is 326 g/mol. The van der Waals surface area contributed by atoms with Crippen molar-refractivity contribution in [1.82, 2.24) is 10.2 Å². The highest BCUT2D eigenvalue weighted by molar-refractivity contribution is 6.06. The van der Waals surface area contributed by atoms with E-state index in [4.69, 9.17) is 9.15 Å². The second-order valence-corrected chi connectivity index (χ2v) is 7.17. The standard InChI is InChI=1S/C19H22N2O3/c22-19(14-11-24-15-6-2-1-5-12(14)15)20-16-13-7-10-23-18(13)17(16)21-8-3-4-9-21/h1-2,5-6,11,13,16-18H,3-4,7-10H2,(H,20,22)/t13-,16+,17-,18-/m1/s1. The number of nitrogens with zero attached hydrogens (tertiary/aromatic N) is 1. The Bertz CT molecular complexity index is 760. The molecule has 5 rings (SSSR count). The summed E-state index contributed by atoms with van der Waals surface area (Å²) in [6.07, 6.45) is 5.43. The minimum Gasteiger partial charge on any atom is -0.463 e. The molecule has 3 fully saturated rings. The molecule has 1 N–H and O–H groups in total. The zero-order valence-corrected chi connectivity index (χ0v) is 13.6. The van der Waals surface area contributed by atoms with E-state index in [1.54, 1.807) is 6.26 Å². The summed E-state index contributed by atoms with van der Waals surface area (Å²) in [5, 5.41) is 4.17. The number of nitrogens with one attached hydrogen (secondary N) is 1. The molecule has 3 aliphatic rings. The van der Waals surface area contributed by atoms with Crippen LogP contribution in [-0.4, -0.2) is 48.7 Å². The van der Waals surface area contributed by atoms with Crippen LogP contribution < -0.4 is 5.32 Å². The summed E-state index contributed by atoms with van der Waals surface area (Å²) in [5.41, 5.74) is 1.39. The van der Waals surface area contributed by atoms with Crippen molar-refractivity contribution >= 4 is 16.9 Å². The topological polar surface area (TPSA) is 54.7 Å². The number of hydrogen-bond acceptors (Lipinski definition) is 4. The van der Waals surface area contributed by atoms with Crippen LogP contribution >= 0.6 is 0 Å². The van der Waals surface area contributed by atoms with Crippen LogP contribution in [0, 0.1) is 5.92 Å². The predicted molar refractivity (Wildman–Crippen MR) is 89.9 cm³/mol. The van der Waals surface area contributed by atoms with Crippen LogP contribution in [0.4, 0.5) is 0 Å². The van der Waals surface area contributed by atoms with Crippen molar-refractivity contribution in [1.29, 1.82) is 0 Å². The molecule has 1 saturated carbocycles. The van der Waals surface area contributed by atoms with Crippen LogP contribution in [0.5, 0.6) is 0 Å². The third-order valence-corrected chi connectivity index (χ3v) is 5.93. The Morgan fingerprint density at radius 1 is 1.21 bits per heavy atom. The van der Waals surface area contributed by atoms with Crippen molar-refractivity contribution in [3.8, 4) is 0 Å². The second-order valence-electron chi connectivity index (χ2n) is 7.17. The Kier molecular flexibility index (Phi) is 3.38. The first-order chi connectivity index (χ1) is 11.8. The lowest BCUT2D eigenvalue weighted by Gasteiger charge is -2.51. The molecule has 2 saturated heterocycles. The minimum absolute atomic E-state index is 0.0282. The first-order valence-corrected chi connectivity index (χ1v) is 8.96. The van der Waals surface area contributed by atoms with Crippen molar-refractivity contribution in [3.05, 3.63) is 36.1 Å². The van der Waals surface area contributed by atoms with E-state index < -0.39 is 0 Å². The summed E-state index contributed by atoms with van der Waals surface area (Å²) in [6.45, 7) is 3.07. The van der Waals surface area contributed by atoms with E-state index >= 15 is 0 Å². The van der Waals surface area contributed by atoms with Crippen molar-refractivity contribution in [2.75, 3.05) is 19.7 Å². The zero-order chi connectivity index (χ0) is 16.1. The van der Waals surface area contributed by atoms with Gasteiger partial charge in [-0.2, -0.15) is 0 Å². The van der Waals surface area contributed by atoms with Crippen molar-refractivity contribution in [3.63, 3.8) is 0 Å². The van der Waals surface area contributed by atoms with Crippen LogP contribution in [0.3, 0.4) is 0 Å². The fraction of sp³-hybridized carbons (Fsp3) is 0.526. The second kappa shape index (κ2) is 5.60. The summed E-state index contributed by atoms with van der Waals surface area (Å²) in [7, 11) is 0. The summed E-state index contributed by atoms with van der Waals surface area (Å²) in [6, 6.07) is 8.21. The lowest BCUT2D eigenvalue weighted by Crippen LogP contribution is -2.70. The van der Waals surface area contributed by atoms with Gasteiger partial charge in [-0.1, -0.05) is 18.2 Å². The van der Waals surface area contributed by atoms with Gasteiger partial charge in [0.15, 0.2) is 0 Å². The third kappa shape index (κ3) is 2.11. The number of amides is 1. The van der Waals surface area contributed by atoms with Crippen LogP contribution in [0.25, 0.3) is 11.0 Å². The number of furan rings is 1. The van der Waals surface area contributed by atoms with Crippen LogP contribution in [-0.2, 0) is 4.74 Å². The van der Waals surface area contributed by atoms with E-state index in [1.165, 1.54) is 12.8 Å². The quantitative estimate of drug-likeness (QED) is 0.941. The Balaban J connectivity index is 1.38. The number of benzene rings is 1. The summed E-state index contributed by atoms with van der Waals surface area (Å²) >= 11 is 0. The maximum Gasteiger partial charge on any atom is 0.255 e. The fourth-order valence-corrected chi connectivity index (χ4v) is 4.73. The molecule has 1 amide bonds. The molecule has 4 atom stereocenters. The number of carbonyl (C=O) groups excluding carboxylic acids is 1. The number of rotatable bonds is 3. The Morgan fingerprint density at radius 2 is 2.04 bits per heavy atom. The SMILES string of the molecule is O=C(N[C@H]1[C@H]2CCO[C@H]2[C@@H]1N1CCCC1)c1coc2ccccc12. The van der Waals surface area contributed by atoms with Crippen LogP contribution in [0.15, 0.2) is 34.9 Å². The lowest BCUT2D eigenvalue weighted by molar-refractivity contribution is -0.0747. The highest BCUT2D eigenvalue weighted by atomic mass is 16.5. The molecule has 2 aromatic rings. The Hall–Kier alpha value is -1.85. The average Bonchev–Trinajstić information content (AvgIpc) is 3.33. The van der Waals surface area contributed by atoms with Gasteiger partial charge in [-0.3, -0.25) is 9.69 Å². The first-order valence-electron chi connectivity index (χ1n) is 8.96. The number of para-hydroxylation sites is 1. The van der Waals surface area contributed by atoms with Gasteiger partial charge in [0.25, 0.3) is 5.91 Å². The molecule has 0 spiro atoms. The molecular formula is C19H22N2O3. The van der Waals surface area contributed by atoms with E-state index in [2.05, 4.69) is 10.2 Å². The molecule has 0 bridgehead atoms. The van der Waals surface area contributed by atoms with Gasteiger partial charge in [-0.05, 0) is 38.4 Å². The lowest BCUT2D eigenvalue weighted by atomic mass is 9.70. The molecular weight excluding hydrogens is 304 g/mol. The molecule has 24 heavy (non-hydrogen) atoms. The maximum absolute atomic E-state index is 12.8. The molecule has 0 radical (unpaired) electrons. The van der Waals surface area contributed by atoms with Gasteiger partial charge in [0.1, 0.15) is 11.8 Å². The molecule has 3 heterocycles. The summed E-state index contributed by atoms with van der Waals surface area (Å²) < 4.78 is 11.5. The van der Waals surface area contributed by atoms with Gasteiger partial charge < -0.3 is 14.5 Å². The van der Waals surface area contributed by atoms with Crippen LogP contribution in [0.1, 0.15) is 29.6 Å². The van der Waals surface area contributed by atoms with E-state index in [1.807, 2.05) is 24.3 Å². The van der Waals surface area contributed by atoms with E-state index in [0.29, 0.717) is 23.6 Å². The molecule has 126 valence electrons. The third-order valence-electron chi connectivity index (χ3n) is 5.93. The Labute approximate surface area is 140 Å². The summed E-state index contributed by atoms with van der Waals surface area (Å²) in [5.74, 6) is 0.428. The Morgan fingerprint density at radius 3 is 2.92 bits per heavy atom. The molecule has 5 nitrogen and oxygen atoms in total. The molecule has 1 aromatic heterocycles. The van der Waals surface area contributed by atoms with E-state index in [9.17, 15) is 4.79 Å². The normalized spacial score (nSPS) is 32.7. The number of likely N-dealkylation sites (tertiary alicyclic amines) is 1. The molecule has 5 heteroatoms. The molecule has 1 aliphatic carbocycles. The van der Waals surface area contributed by atoms with Gasteiger partial charge in [0, 0.05) is 17.9 Å². The van der Waals surface area contributed by atoms with Gasteiger partial charge in [-0.15, -0.1) is 0 Å². The highest BCUT2D eigenvalue weighted by Crippen LogP contribution is 2.43. The number of ether oxygens (including phenoxy) is 1. The number of hydrogen-bond donors (Lipinski definition) is 1. The number of fused-ring (bicyclic) bond motifs is 2. The van der Waals surface area contributed by atoms with Crippen LogP contribution in [0.2, 0.25) is 0 Å². The summed E-state index contributed by atoms with van der Waals surface area (Å²) in [4.78, 5) is 15.3. The van der Waals surface area contributed by atoms with Crippen molar-refractivity contribution < 1.29 is 13.9 Å². The van der Waals surface area contributed by atoms with E-state index in [-0.39, 0.29) is 11.9 Å². The molecule has 1 aromatic carbocycles.